The van der Waals surface area contributed by atoms with Gasteiger partial charge in [-0.3, -0.25) is 9.59 Å². The first-order chi connectivity index (χ1) is 9.90. The summed E-state index contributed by atoms with van der Waals surface area (Å²) in [5.74, 6) is 0.0313. The van der Waals surface area contributed by atoms with E-state index in [2.05, 4.69) is 0 Å². The fourth-order valence-corrected chi connectivity index (χ4v) is 3.02. The molecule has 0 unspecified atom stereocenters. The Balaban J connectivity index is 2.02. The molecule has 114 valence electrons. The van der Waals surface area contributed by atoms with E-state index in [1.165, 1.54) is 0 Å². The van der Waals surface area contributed by atoms with Crippen LogP contribution in [0.1, 0.15) is 23.2 Å². The van der Waals surface area contributed by atoms with E-state index in [0.29, 0.717) is 41.5 Å². The number of piperidine rings is 1. The van der Waals surface area contributed by atoms with Crippen molar-refractivity contribution in [2.45, 2.75) is 12.8 Å². The lowest BCUT2D eigenvalue weighted by Gasteiger charge is -2.32. The Kier molecular flexibility index (Phi) is 5.12. The molecule has 6 heteroatoms. The summed E-state index contributed by atoms with van der Waals surface area (Å²) < 4.78 is 0. The normalized spacial score (nSPS) is 15.9. The van der Waals surface area contributed by atoms with Crippen LogP contribution in [0.4, 0.5) is 0 Å². The molecule has 1 heterocycles. The maximum Gasteiger partial charge on any atom is 0.255 e. The van der Waals surface area contributed by atoms with Crippen molar-refractivity contribution in [1.29, 1.82) is 0 Å². The molecule has 1 aliphatic heterocycles. The first-order valence-electron chi connectivity index (χ1n) is 6.85. The van der Waals surface area contributed by atoms with Gasteiger partial charge in [-0.15, -0.1) is 0 Å². The van der Waals surface area contributed by atoms with Crippen molar-refractivity contribution in [3.63, 3.8) is 0 Å². The highest BCUT2D eigenvalue weighted by Gasteiger charge is 2.29. The standard InChI is InChI=1S/C15H18Cl2N2O2/c1-18(2)14(20)10-5-7-19(8-6-10)15(21)12-4-3-11(16)9-13(12)17/h3-4,9-10H,5-8H2,1-2H3. The quantitative estimate of drug-likeness (QED) is 0.837. The van der Waals surface area contributed by atoms with Crippen molar-refractivity contribution in [2.75, 3.05) is 27.2 Å². The summed E-state index contributed by atoms with van der Waals surface area (Å²) in [6.45, 7) is 1.14. The molecule has 1 saturated heterocycles. The van der Waals surface area contributed by atoms with E-state index in [1.54, 1.807) is 42.1 Å². The molecule has 0 spiro atoms. The lowest BCUT2D eigenvalue weighted by molar-refractivity contribution is -0.134. The van der Waals surface area contributed by atoms with E-state index in [0.717, 1.165) is 0 Å². The second kappa shape index (κ2) is 6.67. The molecule has 21 heavy (non-hydrogen) atoms. The minimum Gasteiger partial charge on any atom is -0.349 e. The van der Waals surface area contributed by atoms with Crippen molar-refractivity contribution in [1.82, 2.24) is 9.80 Å². The molecule has 0 atom stereocenters. The molecular formula is C15H18Cl2N2O2. The Morgan fingerprint density at radius 3 is 2.33 bits per heavy atom. The lowest BCUT2D eigenvalue weighted by atomic mass is 9.95. The van der Waals surface area contributed by atoms with Gasteiger partial charge in [-0.25, -0.2) is 0 Å². The summed E-state index contributed by atoms with van der Waals surface area (Å²) in [6.07, 6.45) is 1.38. The summed E-state index contributed by atoms with van der Waals surface area (Å²) in [5.41, 5.74) is 0.457. The molecule has 0 radical (unpaired) electrons. The van der Waals surface area contributed by atoms with Crippen LogP contribution in [0.2, 0.25) is 10.0 Å². The number of rotatable bonds is 2. The molecule has 4 nitrogen and oxygen atoms in total. The molecule has 0 aliphatic carbocycles. The number of carbonyl (C=O) groups excluding carboxylic acids is 2. The fraction of sp³-hybridized carbons (Fsp3) is 0.467. The summed E-state index contributed by atoms with van der Waals surface area (Å²) in [6, 6.07) is 4.87. The van der Waals surface area contributed by atoms with Crippen LogP contribution >= 0.6 is 23.2 Å². The smallest absolute Gasteiger partial charge is 0.255 e. The summed E-state index contributed by atoms with van der Waals surface area (Å²) in [7, 11) is 3.51. The number of halogens is 2. The highest BCUT2D eigenvalue weighted by Crippen LogP contribution is 2.25. The van der Waals surface area contributed by atoms with Crippen LogP contribution in [0.5, 0.6) is 0 Å². The first-order valence-corrected chi connectivity index (χ1v) is 7.61. The molecule has 0 N–H and O–H groups in total. The minimum absolute atomic E-state index is 0.00439. The number of amides is 2. The summed E-state index contributed by atoms with van der Waals surface area (Å²) in [4.78, 5) is 27.7. The Bertz CT molecular complexity index is 553. The van der Waals surface area contributed by atoms with Crippen LogP contribution in [-0.2, 0) is 4.79 Å². The Labute approximate surface area is 134 Å². The highest BCUT2D eigenvalue weighted by molar-refractivity contribution is 6.36. The van der Waals surface area contributed by atoms with Gasteiger partial charge in [0.25, 0.3) is 5.91 Å². The lowest BCUT2D eigenvalue weighted by Crippen LogP contribution is -2.42. The summed E-state index contributed by atoms with van der Waals surface area (Å²) >= 11 is 11.9. The predicted molar refractivity (Wildman–Crippen MR) is 83.8 cm³/mol. The largest absolute Gasteiger partial charge is 0.349 e. The van der Waals surface area contributed by atoms with E-state index < -0.39 is 0 Å². The zero-order valence-corrected chi connectivity index (χ0v) is 13.6. The van der Waals surface area contributed by atoms with Crippen LogP contribution in [0.25, 0.3) is 0 Å². The van der Waals surface area contributed by atoms with Gasteiger partial charge in [0.05, 0.1) is 10.6 Å². The molecule has 1 aromatic rings. The molecule has 0 saturated carbocycles. The van der Waals surface area contributed by atoms with Crippen LogP contribution in [0.15, 0.2) is 18.2 Å². The maximum absolute atomic E-state index is 12.4. The zero-order chi connectivity index (χ0) is 15.6. The van der Waals surface area contributed by atoms with Crippen LogP contribution in [0, 0.1) is 5.92 Å². The van der Waals surface area contributed by atoms with E-state index in [4.69, 9.17) is 23.2 Å². The Morgan fingerprint density at radius 2 is 1.81 bits per heavy atom. The van der Waals surface area contributed by atoms with Gasteiger partial charge in [0, 0.05) is 38.1 Å². The summed E-state index contributed by atoms with van der Waals surface area (Å²) in [5, 5.41) is 0.867. The van der Waals surface area contributed by atoms with Crippen molar-refractivity contribution in [2.24, 2.45) is 5.92 Å². The number of carbonyl (C=O) groups is 2. The van der Waals surface area contributed by atoms with Gasteiger partial charge in [-0.2, -0.15) is 0 Å². The monoisotopic (exact) mass is 328 g/mol. The van der Waals surface area contributed by atoms with Gasteiger partial charge in [0.2, 0.25) is 5.91 Å². The predicted octanol–water partition coefficient (Wildman–Crippen LogP) is 2.93. The van der Waals surface area contributed by atoms with E-state index in [9.17, 15) is 9.59 Å². The Morgan fingerprint density at radius 1 is 1.19 bits per heavy atom. The number of hydrogen-bond donors (Lipinski definition) is 0. The third-order valence-electron chi connectivity index (χ3n) is 3.73. The van der Waals surface area contributed by atoms with Crippen molar-refractivity contribution >= 4 is 35.0 Å². The maximum atomic E-state index is 12.4. The van der Waals surface area contributed by atoms with Crippen LogP contribution < -0.4 is 0 Å². The zero-order valence-electron chi connectivity index (χ0n) is 12.1. The number of nitrogens with zero attached hydrogens (tertiary/aromatic N) is 2. The van der Waals surface area contributed by atoms with E-state index in [-0.39, 0.29) is 17.7 Å². The van der Waals surface area contributed by atoms with Gasteiger partial charge in [-0.1, -0.05) is 23.2 Å². The van der Waals surface area contributed by atoms with Crippen molar-refractivity contribution in [3.05, 3.63) is 33.8 Å². The van der Waals surface area contributed by atoms with Crippen molar-refractivity contribution in [3.8, 4) is 0 Å². The molecule has 1 aromatic carbocycles. The Hall–Kier alpha value is -1.26. The average molecular weight is 329 g/mol. The molecule has 1 aliphatic rings. The SMILES string of the molecule is CN(C)C(=O)C1CCN(C(=O)c2ccc(Cl)cc2Cl)CC1. The third kappa shape index (κ3) is 3.69. The van der Waals surface area contributed by atoms with Gasteiger partial charge >= 0.3 is 0 Å². The van der Waals surface area contributed by atoms with Gasteiger partial charge in [0.1, 0.15) is 0 Å². The first kappa shape index (κ1) is 16.1. The van der Waals surface area contributed by atoms with Crippen LogP contribution in [-0.4, -0.2) is 48.8 Å². The number of hydrogen-bond acceptors (Lipinski definition) is 2. The number of likely N-dealkylation sites (tertiary alicyclic amines) is 1. The van der Waals surface area contributed by atoms with Gasteiger partial charge < -0.3 is 9.80 Å². The molecular weight excluding hydrogens is 311 g/mol. The molecule has 1 fully saturated rings. The minimum atomic E-state index is -0.104. The number of benzene rings is 1. The highest BCUT2D eigenvalue weighted by atomic mass is 35.5. The molecule has 0 bridgehead atoms. The van der Waals surface area contributed by atoms with Gasteiger partial charge in [-0.05, 0) is 31.0 Å². The fourth-order valence-electron chi connectivity index (χ4n) is 2.53. The van der Waals surface area contributed by atoms with Crippen molar-refractivity contribution < 1.29 is 9.59 Å². The van der Waals surface area contributed by atoms with E-state index in [1.807, 2.05) is 0 Å². The molecule has 2 amide bonds. The van der Waals surface area contributed by atoms with Gasteiger partial charge in [0.15, 0.2) is 0 Å². The molecule has 0 aromatic heterocycles. The second-order valence-electron chi connectivity index (χ2n) is 5.42. The molecule has 2 rings (SSSR count). The topological polar surface area (TPSA) is 40.6 Å². The average Bonchev–Trinajstić information content (AvgIpc) is 2.46. The van der Waals surface area contributed by atoms with Crippen LogP contribution in [0.3, 0.4) is 0 Å². The second-order valence-corrected chi connectivity index (χ2v) is 6.27. The van der Waals surface area contributed by atoms with E-state index >= 15 is 0 Å². The third-order valence-corrected chi connectivity index (χ3v) is 4.28.